The van der Waals surface area contributed by atoms with Crippen molar-refractivity contribution in [2.24, 2.45) is 5.73 Å². The third-order valence-electron chi connectivity index (χ3n) is 2.04. The first-order chi connectivity index (χ1) is 7.16. The van der Waals surface area contributed by atoms with Crippen LogP contribution in [0.2, 0.25) is 0 Å². The second kappa shape index (κ2) is 5.69. The van der Waals surface area contributed by atoms with Gasteiger partial charge in [-0.1, -0.05) is 6.08 Å². The molecule has 1 unspecified atom stereocenters. The van der Waals surface area contributed by atoms with Crippen molar-refractivity contribution in [1.29, 1.82) is 0 Å². The molecule has 0 heterocycles. The molecule has 1 aliphatic carbocycles. The molecule has 0 fully saturated rings. The Morgan fingerprint density at radius 3 is 2.25 bits per heavy atom. The molecule has 0 saturated carbocycles. The summed E-state index contributed by atoms with van der Waals surface area (Å²) in [5, 5.41) is 0. The van der Waals surface area contributed by atoms with E-state index >= 15 is 0 Å². The first-order valence-corrected chi connectivity index (χ1v) is 5.60. The van der Waals surface area contributed by atoms with E-state index in [1.165, 1.54) is 0 Å². The van der Waals surface area contributed by atoms with Crippen LogP contribution in [0.3, 0.4) is 0 Å². The van der Waals surface area contributed by atoms with E-state index < -0.39 is 10.4 Å². The van der Waals surface area contributed by atoms with Crippen molar-refractivity contribution in [3.8, 4) is 0 Å². The first kappa shape index (κ1) is 14.7. The van der Waals surface area contributed by atoms with Gasteiger partial charge in [-0.15, -0.1) is 0 Å². The fourth-order valence-electron chi connectivity index (χ4n) is 1.02. The van der Waals surface area contributed by atoms with E-state index in [1.807, 2.05) is 19.9 Å². The molecule has 7 nitrogen and oxygen atoms in total. The Bertz CT molecular complexity index is 464. The Hall–Kier alpha value is -1.31. The lowest BCUT2D eigenvalue weighted by molar-refractivity contribution is -0.00273. The Kier molecular flexibility index (Phi) is 5.22. The molecule has 0 aromatic carbocycles. The molecule has 0 aromatic rings. The summed E-state index contributed by atoms with van der Waals surface area (Å²) in [6.07, 6.45) is 3.55. The summed E-state index contributed by atoms with van der Waals surface area (Å²) in [5.41, 5.74) is 16.8. The number of allylic oxidation sites excluding steroid dienone is 2. The van der Waals surface area contributed by atoms with E-state index in [-0.39, 0.29) is 6.04 Å². The highest BCUT2D eigenvalue weighted by atomic mass is 32.3. The number of nitrogens with two attached hydrogens (primary N) is 1. The largest absolute Gasteiger partial charge is 0.394 e. The zero-order chi connectivity index (χ0) is 12.9. The van der Waals surface area contributed by atoms with Gasteiger partial charge in [0.25, 0.3) is 0 Å². The van der Waals surface area contributed by atoms with Gasteiger partial charge < -0.3 is 11.3 Å². The summed E-state index contributed by atoms with van der Waals surface area (Å²) in [6.45, 7) is 3.84. The third kappa shape index (κ3) is 5.54. The molecule has 4 N–H and O–H groups in total. The van der Waals surface area contributed by atoms with Crippen molar-refractivity contribution in [1.82, 2.24) is 0 Å². The Morgan fingerprint density at radius 2 is 1.88 bits per heavy atom. The van der Waals surface area contributed by atoms with Crippen LogP contribution in [-0.4, -0.2) is 34.1 Å². The van der Waals surface area contributed by atoms with Gasteiger partial charge in [0.1, 0.15) is 0 Å². The lowest BCUT2D eigenvalue weighted by Crippen LogP contribution is -2.24. The van der Waals surface area contributed by atoms with Crippen molar-refractivity contribution in [2.45, 2.75) is 19.9 Å². The Morgan fingerprint density at radius 1 is 1.44 bits per heavy atom. The van der Waals surface area contributed by atoms with Gasteiger partial charge in [-0.3, -0.25) is 9.11 Å². The maximum absolute atomic E-state index is 8.74. The molecule has 0 aliphatic heterocycles. The average Bonchev–Trinajstić information content (AvgIpc) is 2.12. The predicted molar refractivity (Wildman–Crippen MR) is 58.3 cm³/mol. The van der Waals surface area contributed by atoms with Crippen LogP contribution in [0.1, 0.15) is 13.8 Å². The molecule has 0 bridgehead atoms. The minimum Gasteiger partial charge on any atom is -0.361 e. The fraction of sp³-hybridized carbons (Fsp3) is 0.375. The molecule has 8 heteroatoms. The van der Waals surface area contributed by atoms with Crippen molar-refractivity contribution in [2.75, 3.05) is 0 Å². The van der Waals surface area contributed by atoms with Gasteiger partial charge >= 0.3 is 16.1 Å². The van der Waals surface area contributed by atoms with Gasteiger partial charge in [0.15, 0.2) is 0 Å². The quantitative estimate of drug-likeness (QED) is 0.320. The summed E-state index contributed by atoms with van der Waals surface area (Å²) >= 11 is 0. The van der Waals surface area contributed by atoms with Gasteiger partial charge in [-0.2, -0.15) is 13.2 Å². The van der Waals surface area contributed by atoms with E-state index in [0.29, 0.717) is 5.71 Å². The molecule has 0 aromatic heterocycles. The van der Waals surface area contributed by atoms with E-state index in [4.69, 9.17) is 28.8 Å². The molecule has 1 atom stereocenters. The third-order valence-corrected chi connectivity index (χ3v) is 2.04. The highest BCUT2D eigenvalue weighted by Gasteiger charge is 2.18. The minimum absolute atomic E-state index is 0.0273. The smallest absolute Gasteiger partial charge is 0.361 e. The van der Waals surface area contributed by atoms with Crippen LogP contribution in [0, 0.1) is 0 Å². The standard InChI is InChI=1S/C8H11N3.H2O4S/c1-5-6(2)8(11-10)4-3-7(5)9;1-5(2,3)4/h3-4,7H,9H2,1-2H3;(H2,1,2,3,4). The van der Waals surface area contributed by atoms with Crippen molar-refractivity contribution in [3.05, 3.63) is 28.8 Å². The summed E-state index contributed by atoms with van der Waals surface area (Å²) in [6, 6.07) is -0.0273. The van der Waals surface area contributed by atoms with Crippen LogP contribution in [-0.2, 0) is 10.4 Å². The van der Waals surface area contributed by atoms with Crippen LogP contribution in [0.25, 0.3) is 5.53 Å². The predicted octanol–water partition coefficient (Wildman–Crippen LogP) is 0.238. The number of rotatable bonds is 0. The van der Waals surface area contributed by atoms with Crippen molar-refractivity contribution < 1.29 is 22.3 Å². The van der Waals surface area contributed by atoms with Crippen LogP contribution >= 0.6 is 0 Å². The van der Waals surface area contributed by atoms with Crippen LogP contribution in [0.15, 0.2) is 23.3 Å². The molecular weight excluding hydrogens is 234 g/mol. The van der Waals surface area contributed by atoms with Gasteiger partial charge in [0, 0.05) is 17.7 Å². The van der Waals surface area contributed by atoms with E-state index in [2.05, 4.69) is 4.79 Å². The van der Waals surface area contributed by atoms with Crippen molar-refractivity contribution >= 4 is 16.1 Å². The molecule has 0 saturated heterocycles. The lowest BCUT2D eigenvalue weighted by Gasteiger charge is -2.12. The molecule has 0 spiro atoms. The zero-order valence-corrected chi connectivity index (χ0v) is 9.64. The maximum Gasteiger partial charge on any atom is 0.394 e. The molecule has 0 radical (unpaired) electrons. The summed E-state index contributed by atoms with van der Waals surface area (Å²) in [7, 11) is -4.67. The highest BCUT2D eigenvalue weighted by Crippen LogP contribution is 2.14. The lowest BCUT2D eigenvalue weighted by atomic mass is 9.95. The summed E-state index contributed by atoms with van der Waals surface area (Å²) in [4.78, 5) is 3.13. The maximum atomic E-state index is 8.74. The van der Waals surface area contributed by atoms with E-state index in [0.717, 1.165) is 11.1 Å². The van der Waals surface area contributed by atoms with Crippen LogP contribution in [0.4, 0.5) is 0 Å². The Labute approximate surface area is 93.5 Å². The second-order valence-corrected chi connectivity index (χ2v) is 4.02. The molecular formula is C8H13N3O4S. The number of hydrogen-bond acceptors (Lipinski definition) is 3. The molecule has 1 rings (SSSR count). The van der Waals surface area contributed by atoms with E-state index in [9.17, 15) is 0 Å². The second-order valence-electron chi connectivity index (χ2n) is 3.13. The fourth-order valence-corrected chi connectivity index (χ4v) is 1.02. The monoisotopic (exact) mass is 247 g/mol. The topological polar surface area (TPSA) is 137 Å². The highest BCUT2D eigenvalue weighted by molar-refractivity contribution is 7.79. The number of nitrogens with zero attached hydrogens (tertiary/aromatic N) is 2. The van der Waals surface area contributed by atoms with Gasteiger partial charge in [-0.25, -0.2) is 0 Å². The zero-order valence-electron chi connectivity index (χ0n) is 8.82. The van der Waals surface area contributed by atoms with Crippen LogP contribution in [0.5, 0.6) is 0 Å². The van der Waals surface area contributed by atoms with Gasteiger partial charge in [0.05, 0.1) is 0 Å². The number of hydrogen-bond donors (Lipinski definition) is 3. The van der Waals surface area contributed by atoms with Gasteiger partial charge in [0.2, 0.25) is 0 Å². The SMILES string of the molecule is CC1=C(C)C(N)C=CC1=[N+]=[N-].O=S(=O)(O)O. The normalized spacial score (nSPS) is 20.1. The Balaban J connectivity index is 0.000000385. The average molecular weight is 247 g/mol. The van der Waals surface area contributed by atoms with Gasteiger partial charge in [-0.05, 0) is 19.4 Å². The summed E-state index contributed by atoms with van der Waals surface area (Å²) < 4.78 is 31.6. The molecule has 0 amide bonds. The molecule has 1 aliphatic rings. The van der Waals surface area contributed by atoms with Crippen molar-refractivity contribution in [3.63, 3.8) is 0 Å². The van der Waals surface area contributed by atoms with E-state index in [1.54, 1.807) is 6.08 Å². The van der Waals surface area contributed by atoms with Crippen LogP contribution < -0.4 is 5.73 Å². The first-order valence-electron chi connectivity index (χ1n) is 4.20. The molecule has 90 valence electrons. The summed E-state index contributed by atoms with van der Waals surface area (Å²) in [5.74, 6) is 0. The molecule has 16 heavy (non-hydrogen) atoms. The minimum atomic E-state index is -4.67.